The third kappa shape index (κ3) is 30.9. The highest BCUT2D eigenvalue weighted by Crippen LogP contribution is 2.22. The highest BCUT2D eigenvalue weighted by molar-refractivity contribution is 5.80. The maximum Gasteiger partial charge on any atom is 0.233 e. The summed E-state index contributed by atoms with van der Waals surface area (Å²) in [6.07, 6.45) is -3.46. The lowest BCUT2D eigenvalue weighted by molar-refractivity contribution is -0.301. The van der Waals surface area contributed by atoms with Crippen LogP contribution >= 0.6 is 0 Å². The van der Waals surface area contributed by atoms with Crippen LogP contribution in [0.4, 0.5) is 0 Å². The molecule has 5 atom stereocenters. The van der Waals surface area contributed by atoms with Crippen molar-refractivity contribution >= 4 is 41.4 Å². The number of aliphatic hydroxyl groups is 4. The predicted molar refractivity (Wildman–Crippen MR) is 248 cm³/mol. The quantitative estimate of drug-likeness (QED) is 0.0254. The first-order valence-corrected chi connectivity index (χ1v) is 23.9. The van der Waals surface area contributed by atoms with Crippen LogP contribution in [0.2, 0.25) is 0 Å². The van der Waals surface area contributed by atoms with Crippen molar-refractivity contribution in [3.63, 3.8) is 0 Å². The van der Waals surface area contributed by atoms with Gasteiger partial charge in [-0.25, -0.2) is 0 Å². The van der Waals surface area contributed by atoms with E-state index in [2.05, 4.69) is 37.2 Å². The van der Waals surface area contributed by atoms with Crippen molar-refractivity contribution in [3.05, 3.63) is 0 Å². The number of nitrogens with one attached hydrogen (secondary N) is 7. The average molecular weight is 995 g/mol. The van der Waals surface area contributed by atoms with Crippen molar-refractivity contribution in [2.75, 3.05) is 112 Å². The first-order valence-electron chi connectivity index (χ1n) is 23.9. The summed E-state index contributed by atoms with van der Waals surface area (Å²) in [4.78, 5) is 86.7. The van der Waals surface area contributed by atoms with E-state index in [0.29, 0.717) is 84.3 Å². The van der Waals surface area contributed by atoms with E-state index in [4.69, 9.17) is 40.9 Å². The molecular formula is C43H82N10O16. The van der Waals surface area contributed by atoms with Gasteiger partial charge in [-0.1, -0.05) is 0 Å². The molecule has 69 heavy (non-hydrogen) atoms. The van der Waals surface area contributed by atoms with E-state index in [1.54, 1.807) is 0 Å². The van der Waals surface area contributed by atoms with Gasteiger partial charge in [-0.3, -0.25) is 33.6 Å². The molecule has 0 aliphatic carbocycles. The molecule has 1 saturated heterocycles. The van der Waals surface area contributed by atoms with Crippen LogP contribution in [0.3, 0.4) is 0 Å². The molecule has 1 rings (SSSR count). The Balaban J connectivity index is 2.71. The summed E-state index contributed by atoms with van der Waals surface area (Å²) in [5.41, 5.74) is 14.9. The summed E-state index contributed by atoms with van der Waals surface area (Å²) >= 11 is 0. The minimum absolute atomic E-state index is 0.0158. The molecule has 1 aliphatic heterocycles. The third-order valence-electron chi connectivity index (χ3n) is 10.3. The van der Waals surface area contributed by atoms with E-state index in [1.165, 1.54) is 0 Å². The van der Waals surface area contributed by atoms with Gasteiger partial charge in [0.15, 0.2) is 6.29 Å². The van der Waals surface area contributed by atoms with Gasteiger partial charge in [0.05, 0.1) is 52.8 Å². The molecule has 0 aromatic heterocycles. The van der Waals surface area contributed by atoms with E-state index in [-0.39, 0.29) is 140 Å². The second kappa shape index (κ2) is 39.5. The Morgan fingerprint density at radius 2 is 0.870 bits per heavy atom. The number of carbonyl (C=O) groups excluding carboxylic acids is 7. The monoisotopic (exact) mass is 995 g/mol. The minimum atomic E-state index is -1.54. The summed E-state index contributed by atoms with van der Waals surface area (Å²) < 4.78 is 28.4. The molecule has 3 unspecified atom stereocenters. The van der Waals surface area contributed by atoms with E-state index >= 15 is 0 Å². The predicted octanol–water partition coefficient (Wildman–Crippen LogP) is -5.65. The van der Waals surface area contributed by atoms with Crippen LogP contribution < -0.4 is 54.4 Å². The fraction of sp³-hybridized carbons (Fsp3) is 0.837. The second-order valence-electron chi connectivity index (χ2n) is 16.4. The van der Waals surface area contributed by atoms with Crippen LogP contribution in [0.15, 0.2) is 0 Å². The summed E-state index contributed by atoms with van der Waals surface area (Å²) in [5, 5.41) is 58.4. The molecule has 1 heterocycles. The SMILES string of the molecule is NCCCNC(=O)CCOCC(COCCC(=O)NCCCN)(COCCC(=O)NCCCNC(=O)CCCCO[C@H]1OC(CO)[C@@H](O)C(O)C1O)NC(=O)CCCC(=O)NCCCNC(=O)CN. The number of hydrogen-bond acceptors (Lipinski definition) is 19. The Bertz CT molecular complexity index is 1440. The largest absolute Gasteiger partial charge is 0.394 e. The fourth-order valence-corrected chi connectivity index (χ4v) is 6.35. The lowest BCUT2D eigenvalue weighted by Gasteiger charge is -2.39. The van der Waals surface area contributed by atoms with Crippen molar-refractivity contribution < 1.29 is 77.7 Å². The topological polar surface area (TPSA) is 409 Å². The zero-order valence-corrected chi connectivity index (χ0v) is 40.0. The van der Waals surface area contributed by atoms with Gasteiger partial charge >= 0.3 is 0 Å². The fourth-order valence-electron chi connectivity index (χ4n) is 6.35. The van der Waals surface area contributed by atoms with Crippen molar-refractivity contribution in [1.29, 1.82) is 0 Å². The molecule has 1 aliphatic rings. The average Bonchev–Trinajstić information content (AvgIpc) is 3.32. The molecule has 1 fully saturated rings. The van der Waals surface area contributed by atoms with Crippen LogP contribution in [-0.4, -0.2) is 210 Å². The van der Waals surface area contributed by atoms with Gasteiger partial charge in [0, 0.05) is 84.4 Å². The van der Waals surface area contributed by atoms with Crippen LogP contribution in [0.25, 0.3) is 0 Å². The molecule has 0 radical (unpaired) electrons. The zero-order chi connectivity index (χ0) is 51.1. The number of aliphatic hydroxyl groups excluding tert-OH is 4. The number of amides is 7. The molecule has 0 bridgehead atoms. The smallest absolute Gasteiger partial charge is 0.233 e. The Kier molecular flexibility index (Phi) is 36.0. The Morgan fingerprint density at radius 1 is 0.464 bits per heavy atom. The van der Waals surface area contributed by atoms with Crippen LogP contribution in [0, 0.1) is 0 Å². The van der Waals surface area contributed by atoms with Crippen molar-refractivity contribution in [2.24, 2.45) is 17.2 Å². The number of unbranched alkanes of at least 4 members (excludes halogenated alkanes) is 1. The molecule has 0 aromatic rings. The van der Waals surface area contributed by atoms with Gasteiger partial charge < -0.3 is 98.5 Å². The van der Waals surface area contributed by atoms with E-state index < -0.39 is 48.8 Å². The number of ether oxygens (including phenoxy) is 5. The van der Waals surface area contributed by atoms with Crippen LogP contribution in [-0.2, 0) is 57.2 Å². The second-order valence-corrected chi connectivity index (χ2v) is 16.4. The zero-order valence-electron chi connectivity index (χ0n) is 40.0. The summed E-state index contributed by atoms with van der Waals surface area (Å²) in [5.74, 6) is -2.08. The summed E-state index contributed by atoms with van der Waals surface area (Å²) in [6, 6.07) is 0. The molecule has 26 nitrogen and oxygen atoms in total. The Hall–Kier alpha value is -4.19. The maximum absolute atomic E-state index is 13.4. The number of nitrogens with two attached hydrogens (primary N) is 3. The first-order chi connectivity index (χ1) is 33.2. The molecule has 0 aromatic carbocycles. The first kappa shape index (κ1) is 62.8. The number of hydrogen-bond donors (Lipinski definition) is 14. The van der Waals surface area contributed by atoms with E-state index in [9.17, 15) is 54.0 Å². The van der Waals surface area contributed by atoms with E-state index in [0.717, 1.165) is 0 Å². The highest BCUT2D eigenvalue weighted by atomic mass is 16.7. The normalized spacial score (nSPS) is 17.9. The van der Waals surface area contributed by atoms with Gasteiger partial charge in [-0.05, 0) is 58.0 Å². The third-order valence-corrected chi connectivity index (χ3v) is 10.3. The van der Waals surface area contributed by atoms with Gasteiger partial charge in [0.25, 0.3) is 0 Å². The number of rotatable bonds is 42. The lowest BCUT2D eigenvalue weighted by Crippen LogP contribution is -2.59. The standard InChI is InChI=1S/C43H82N10O16/c44-14-4-16-47-34(57)11-23-65-28-43(29-66-24-12-35(58)48-17-5-15-45,53-37(60)10-3-9-33(56)50-19-7-21-52-38(61)26-46)30-67-25-13-36(59)51-20-6-18-49-32(55)8-1-2-22-68-42-41(64)40(63)39(62)31(27-54)69-42/h31,39-42,54,62-64H,1-30,44-46H2,(H,47,57)(H,48,58)(H,49,55)(H,50,56)(H,51,59)(H,52,61)(H,53,60)/t31?,39-,40?,41?,42+/m1/s1. The van der Waals surface area contributed by atoms with Crippen LogP contribution in [0.1, 0.15) is 83.5 Å². The van der Waals surface area contributed by atoms with Gasteiger partial charge in [-0.15, -0.1) is 0 Å². The van der Waals surface area contributed by atoms with E-state index in [1.807, 2.05) is 0 Å². The van der Waals surface area contributed by atoms with Crippen LogP contribution in [0.5, 0.6) is 0 Å². The molecule has 0 saturated carbocycles. The Morgan fingerprint density at radius 3 is 1.30 bits per heavy atom. The maximum atomic E-state index is 13.4. The molecule has 400 valence electrons. The molecular weight excluding hydrogens is 913 g/mol. The van der Waals surface area contributed by atoms with Crippen molar-refractivity contribution in [3.8, 4) is 0 Å². The Labute approximate surface area is 404 Å². The van der Waals surface area contributed by atoms with Gasteiger partial charge in [-0.2, -0.15) is 0 Å². The summed E-state index contributed by atoms with van der Waals surface area (Å²) in [6.45, 7) is 1.64. The van der Waals surface area contributed by atoms with Crippen molar-refractivity contribution in [2.45, 2.75) is 120 Å². The minimum Gasteiger partial charge on any atom is -0.394 e. The molecule has 0 spiro atoms. The highest BCUT2D eigenvalue weighted by Gasteiger charge is 2.44. The number of carbonyl (C=O) groups is 7. The molecule has 7 amide bonds. The van der Waals surface area contributed by atoms with Gasteiger partial charge in [0.1, 0.15) is 30.0 Å². The summed E-state index contributed by atoms with van der Waals surface area (Å²) in [7, 11) is 0. The molecule has 26 heteroatoms. The lowest BCUT2D eigenvalue weighted by atomic mass is 9.99. The molecule has 17 N–H and O–H groups in total. The van der Waals surface area contributed by atoms with Crippen molar-refractivity contribution in [1.82, 2.24) is 37.2 Å². The van der Waals surface area contributed by atoms with Gasteiger partial charge in [0.2, 0.25) is 41.4 Å².